The molecule has 2 rings (SSSR count). The molecule has 0 saturated carbocycles. The van der Waals surface area contributed by atoms with Crippen molar-refractivity contribution in [2.75, 3.05) is 0 Å². The molecule has 62 valence electrons. The van der Waals surface area contributed by atoms with E-state index < -0.39 is 5.97 Å². The van der Waals surface area contributed by atoms with Gasteiger partial charge in [-0.3, -0.25) is 0 Å². The van der Waals surface area contributed by atoms with Gasteiger partial charge in [-0.15, -0.1) is 11.3 Å². The molecule has 0 radical (unpaired) electrons. The monoisotopic (exact) mass is 246 g/mol. The number of aromatic carboxylic acids is 1. The predicted molar refractivity (Wildman–Crippen MR) is 48.8 cm³/mol. The molecule has 5 heteroatoms. The number of thiophene rings is 1. The molecule has 3 nitrogen and oxygen atoms in total. The molecule has 0 aliphatic carbocycles. The lowest BCUT2D eigenvalue weighted by Crippen LogP contribution is -1.91. The Hall–Kier alpha value is -0.810. The van der Waals surface area contributed by atoms with Crippen molar-refractivity contribution in [2.24, 2.45) is 0 Å². The zero-order chi connectivity index (χ0) is 8.72. The molecule has 0 saturated heterocycles. The lowest BCUT2D eigenvalue weighted by atomic mass is 10.4. The van der Waals surface area contributed by atoms with Crippen molar-refractivity contribution >= 4 is 43.5 Å². The van der Waals surface area contributed by atoms with E-state index in [1.807, 2.05) is 0 Å². The third-order valence-corrected chi connectivity index (χ3v) is 2.95. The fourth-order valence-corrected chi connectivity index (χ4v) is 2.39. The number of halogens is 1. The van der Waals surface area contributed by atoms with Crippen molar-refractivity contribution in [1.82, 2.24) is 0 Å². The van der Waals surface area contributed by atoms with Gasteiger partial charge >= 0.3 is 5.97 Å². The van der Waals surface area contributed by atoms with Crippen LogP contribution in [0.5, 0.6) is 0 Å². The number of furan rings is 1. The molecule has 0 aromatic carbocycles. The van der Waals surface area contributed by atoms with Crippen LogP contribution in [0, 0.1) is 0 Å². The first-order valence-corrected chi connectivity index (χ1v) is 4.70. The molecular formula is C7H3BrO3S. The molecular weight excluding hydrogens is 244 g/mol. The molecule has 2 heterocycles. The van der Waals surface area contributed by atoms with Crippen LogP contribution in [0.1, 0.15) is 10.6 Å². The largest absolute Gasteiger partial charge is 0.475 e. The molecule has 0 aliphatic heterocycles. The average Bonchev–Trinajstić information content (AvgIpc) is 2.42. The van der Waals surface area contributed by atoms with Crippen LogP contribution in [0.3, 0.4) is 0 Å². The Kier molecular flexibility index (Phi) is 1.69. The Morgan fingerprint density at radius 2 is 2.33 bits per heavy atom. The maximum absolute atomic E-state index is 10.5. The Morgan fingerprint density at radius 1 is 1.58 bits per heavy atom. The zero-order valence-corrected chi connectivity index (χ0v) is 8.11. The molecule has 0 fully saturated rings. The molecule has 0 atom stereocenters. The van der Waals surface area contributed by atoms with Crippen molar-refractivity contribution in [1.29, 1.82) is 0 Å². The van der Waals surface area contributed by atoms with Crippen molar-refractivity contribution in [3.63, 3.8) is 0 Å². The number of carboxylic acids is 1. The van der Waals surface area contributed by atoms with Crippen LogP contribution in [0.25, 0.3) is 10.3 Å². The second kappa shape index (κ2) is 2.60. The lowest BCUT2D eigenvalue weighted by molar-refractivity contribution is 0.0665. The number of fused-ring (bicyclic) bond motifs is 1. The van der Waals surface area contributed by atoms with Crippen LogP contribution in [-0.4, -0.2) is 11.1 Å². The highest BCUT2D eigenvalue weighted by molar-refractivity contribution is 9.11. The SMILES string of the molecule is O=C(O)c1cc2sc(Br)cc2o1. The van der Waals surface area contributed by atoms with E-state index in [-0.39, 0.29) is 5.76 Å². The number of carboxylic acid groups (broad SMARTS) is 1. The van der Waals surface area contributed by atoms with Gasteiger partial charge in [0.1, 0.15) is 5.58 Å². The van der Waals surface area contributed by atoms with Crippen molar-refractivity contribution in [3.05, 3.63) is 21.7 Å². The highest BCUT2D eigenvalue weighted by Crippen LogP contribution is 2.31. The summed E-state index contributed by atoms with van der Waals surface area (Å²) in [6.45, 7) is 0. The van der Waals surface area contributed by atoms with E-state index in [1.54, 1.807) is 6.07 Å². The Balaban J connectivity index is 2.64. The van der Waals surface area contributed by atoms with Gasteiger partial charge < -0.3 is 9.52 Å². The van der Waals surface area contributed by atoms with E-state index in [9.17, 15) is 4.79 Å². The van der Waals surface area contributed by atoms with E-state index >= 15 is 0 Å². The predicted octanol–water partition coefficient (Wildman–Crippen LogP) is 2.96. The summed E-state index contributed by atoms with van der Waals surface area (Å²) in [5, 5.41) is 8.57. The van der Waals surface area contributed by atoms with E-state index in [0.29, 0.717) is 5.58 Å². The van der Waals surface area contributed by atoms with Gasteiger partial charge in [-0.25, -0.2) is 4.79 Å². The van der Waals surface area contributed by atoms with E-state index in [1.165, 1.54) is 17.4 Å². The zero-order valence-electron chi connectivity index (χ0n) is 5.70. The van der Waals surface area contributed by atoms with Gasteiger partial charge in [0.15, 0.2) is 0 Å². The van der Waals surface area contributed by atoms with E-state index in [0.717, 1.165) is 8.49 Å². The van der Waals surface area contributed by atoms with Gasteiger partial charge in [0.05, 0.1) is 8.49 Å². The molecule has 2 aromatic rings. The number of rotatable bonds is 1. The van der Waals surface area contributed by atoms with E-state index in [4.69, 9.17) is 9.52 Å². The maximum Gasteiger partial charge on any atom is 0.371 e. The smallest absolute Gasteiger partial charge is 0.371 e. The van der Waals surface area contributed by atoms with Crippen LogP contribution in [0.2, 0.25) is 0 Å². The lowest BCUT2D eigenvalue weighted by Gasteiger charge is -1.81. The number of hydrogen-bond acceptors (Lipinski definition) is 3. The maximum atomic E-state index is 10.5. The minimum atomic E-state index is -1.03. The fourth-order valence-electron chi connectivity index (χ4n) is 0.912. The fraction of sp³-hybridized carbons (Fsp3) is 0. The summed E-state index contributed by atoms with van der Waals surface area (Å²) >= 11 is 4.73. The topological polar surface area (TPSA) is 50.4 Å². The van der Waals surface area contributed by atoms with Gasteiger partial charge in [-0.05, 0) is 15.9 Å². The quantitative estimate of drug-likeness (QED) is 0.842. The summed E-state index contributed by atoms with van der Waals surface area (Å²) in [5.74, 6) is -1.04. The van der Waals surface area contributed by atoms with Crippen LogP contribution in [-0.2, 0) is 0 Å². The number of carbonyl (C=O) groups is 1. The Labute approximate surface area is 79.7 Å². The summed E-state index contributed by atoms with van der Waals surface area (Å²) in [6, 6.07) is 3.28. The standard InChI is InChI=1S/C7H3BrO3S/c8-6-2-3-5(12-6)1-4(11-3)7(9)10/h1-2H,(H,9,10). The first-order valence-electron chi connectivity index (χ1n) is 3.09. The first kappa shape index (κ1) is 7.82. The van der Waals surface area contributed by atoms with Crippen molar-refractivity contribution in [2.45, 2.75) is 0 Å². The van der Waals surface area contributed by atoms with Gasteiger partial charge in [0, 0.05) is 12.1 Å². The Morgan fingerprint density at radius 3 is 2.92 bits per heavy atom. The van der Waals surface area contributed by atoms with Crippen LogP contribution in [0.15, 0.2) is 20.3 Å². The van der Waals surface area contributed by atoms with Crippen LogP contribution in [0.4, 0.5) is 0 Å². The minimum Gasteiger partial charge on any atom is -0.475 e. The van der Waals surface area contributed by atoms with E-state index in [2.05, 4.69) is 15.9 Å². The highest BCUT2D eigenvalue weighted by atomic mass is 79.9. The summed E-state index contributed by atoms with van der Waals surface area (Å²) < 4.78 is 6.82. The second-order valence-corrected chi connectivity index (χ2v) is 4.66. The molecule has 0 bridgehead atoms. The highest BCUT2D eigenvalue weighted by Gasteiger charge is 2.11. The third kappa shape index (κ3) is 1.15. The van der Waals surface area contributed by atoms with Crippen molar-refractivity contribution < 1.29 is 14.3 Å². The molecule has 0 amide bonds. The summed E-state index contributed by atoms with van der Waals surface area (Å²) in [6.07, 6.45) is 0. The first-order chi connectivity index (χ1) is 5.66. The van der Waals surface area contributed by atoms with Gasteiger partial charge in [-0.2, -0.15) is 0 Å². The minimum absolute atomic E-state index is 0.0104. The van der Waals surface area contributed by atoms with Crippen LogP contribution < -0.4 is 0 Å². The Bertz CT molecular complexity index is 411. The molecule has 0 spiro atoms. The number of hydrogen-bond donors (Lipinski definition) is 1. The normalized spacial score (nSPS) is 10.8. The average molecular weight is 247 g/mol. The summed E-state index contributed by atoms with van der Waals surface area (Å²) in [4.78, 5) is 10.5. The third-order valence-electron chi connectivity index (χ3n) is 1.39. The molecule has 0 aliphatic rings. The van der Waals surface area contributed by atoms with Gasteiger partial charge in [0.25, 0.3) is 0 Å². The molecule has 12 heavy (non-hydrogen) atoms. The van der Waals surface area contributed by atoms with Crippen LogP contribution >= 0.6 is 27.3 Å². The molecule has 1 N–H and O–H groups in total. The molecule has 2 aromatic heterocycles. The summed E-state index contributed by atoms with van der Waals surface area (Å²) in [7, 11) is 0. The van der Waals surface area contributed by atoms with Gasteiger partial charge in [0.2, 0.25) is 5.76 Å². The summed E-state index contributed by atoms with van der Waals surface area (Å²) in [5.41, 5.74) is 0.615. The molecule has 0 unspecified atom stereocenters. The van der Waals surface area contributed by atoms with Crippen molar-refractivity contribution in [3.8, 4) is 0 Å². The second-order valence-electron chi connectivity index (χ2n) is 2.19. The van der Waals surface area contributed by atoms with Gasteiger partial charge in [-0.1, -0.05) is 0 Å².